The quantitative estimate of drug-likeness (QED) is 0.827. The van der Waals surface area contributed by atoms with Gasteiger partial charge in [-0.25, -0.2) is 0 Å². The lowest BCUT2D eigenvalue weighted by atomic mass is 9.94. The first-order valence-corrected chi connectivity index (χ1v) is 6.55. The van der Waals surface area contributed by atoms with E-state index in [1.165, 1.54) is 0 Å². The number of rotatable bonds is 1. The molecule has 4 nitrogen and oxygen atoms in total. The molecule has 1 aliphatic heterocycles. The van der Waals surface area contributed by atoms with E-state index in [0.29, 0.717) is 12.0 Å². The van der Waals surface area contributed by atoms with Crippen molar-refractivity contribution in [1.82, 2.24) is 14.5 Å². The Morgan fingerprint density at radius 1 is 1.33 bits per heavy atom. The lowest BCUT2D eigenvalue weighted by Crippen LogP contribution is -2.37. The van der Waals surface area contributed by atoms with Crippen molar-refractivity contribution in [2.24, 2.45) is 13.0 Å². The zero-order chi connectivity index (χ0) is 12.7. The Hall–Kier alpha value is -1.55. The average Bonchev–Trinajstić information content (AvgIpc) is 2.79. The Morgan fingerprint density at radius 3 is 2.89 bits per heavy atom. The van der Waals surface area contributed by atoms with Crippen molar-refractivity contribution in [3.8, 4) is 0 Å². The lowest BCUT2D eigenvalue weighted by Gasteiger charge is -2.31. The number of piperidine rings is 1. The maximum absolute atomic E-state index is 12.3. The van der Waals surface area contributed by atoms with Gasteiger partial charge in [-0.1, -0.05) is 6.92 Å². The van der Waals surface area contributed by atoms with Crippen LogP contribution in [0.4, 0.5) is 0 Å². The predicted octanol–water partition coefficient (Wildman–Crippen LogP) is 1.51. The van der Waals surface area contributed by atoms with E-state index >= 15 is 0 Å². The van der Waals surface area contributed by atoms with E-state index in [1.807, 2.05) is 25.4 Å². The summed E-state index contributed by atoms with van der Waals surface area (Å²) in [5.41, 5.74) is 0.927. The molecule has 0 aliphatic carbocycles. The Balaban J connectivity index is 2.17. The maximum atomic E-state index is 12.3. The summed E-state index contributed by atoms with van der Waals surface area (Å²) in [5, 5.41) is 4.46. The second-order valence-electron chi connectivity index (χ2n) is 5.30. The van der Waals surface area contributed by atoms with Gasteiger partial charge in [0.1, 0.15) is 5.52 Å². The molecule has 0 radical (unpaired) electrons. The van der Waals surface area contributed by atoms with Gasteiger partial charge in [0.2, 0.25) is 0 Å². The van der Waals surface area contributed by atoms with Crippen molar-refractivity contribution in [1.29, 1.82) is 0 Å². The summed E-state index contributed by atoms with van der Waals surface area (Å²) >= 11 is 0. The van der Waals surface area contributed by atoms with Gasteiger partial charge >= 0.3 is 0 Å². The third-order valence-electron chi connectivity index (χ3n) is 4.09. The zero-order valence-corrected chi connectivity index (χ0v) is 10.9. The third kappa shape index (κ3) is 1.68. The van der Waals surface area contributed by atoms with Gasteiger partial charge in [-0.2, -0.15) is 0 Å². The Labute approximate surface area is 106 Å². The third-order valence-corrected chi connectivity index (χ3v) is 4.09. The van der Waals surface area contributed by atoms with Crippen LogP contribution in [0, 0.1) is 5.92 Å². The molecule has 0 aromatic carbocycles. The number of hydrogen-bond acceptors (Lipinski definition) is 2. The monoisotopic (exact) mass is 245 g/mol. The minimum Gasteiger partial charge on any atom is -0.338 e. The first-order valence-electron chi connectivity index (χ1n) is 6.55. The van der Waals surface area contributed by atoms with Crippen LogP contribution in [0.3, 0.4) is 0 Å². The summed E-state index contributed by atoms with van der Waals surface area (Å²) in [6, 6.07) is 4.43. The van der Waals surface area contributed by atoms with Crippen molar-refractivity contribution >= 4 is 10.9 Å². The van der Waals surface area contributed by atoms with Gasteiger partial charge in [-0.05, 0) is 31.0 Å². The number of aryl methyl sites for hydroxylation is 1. The standard InChI is InChI=1S/C14H19N3O/c1-10-3-6-15-9-12(10)17-8-5-11-4-7-16(2)14(18)13(11)17/h4-5,7-8,10,12,15H,3,6,9H2,1-2H3. The molecule has 18 heavy (non-hydrogen) atoms. The summed E-state index contributed by atoms with van der Waals surface area (Å²) < 4.78 is 3.81. The molecule has 4 heteroatoms. The highest BCUT2D eigenvalue weighted by Gasteiger charge is 2.24. The van der Waals surface area contributed by atoms with Crippen LogP contribution in [-0.2, 0) is 7.05 Å². The highest BCUT2D eigenvalue weighted by molar-refractivity contribution is 5.79. The van der Waals surface area contributed by atoms with E-state index in [4.69, 9.17) is 0 Å². The van der Waals surface area contributed by atoms with Crippen molar-refractivity contribution in [3.05, 3.63) is 34.9 Å². The molecule has 3 heterocycles. The van der Waals surface area contributed by atoms with Crippen LogP contribution in [-0.4, -0.2) is 22.2 Å². The van der Waals surface area contributed by atoms with Gasteiger partial charge in [0.25, 0.3) is 5.56 Å². The van der Waals surface area contributed by atoms with Crippen LogP contribution >= 0.6 is 0 Å². The molecule has 1 N–H and O–H groups in total. The number of fused-ring (bicyclic) bond motifs is 1. The number of nitrogens with zero attached hydrogens (tertiary/aromatic N) is 2. The predicted molar refractivity (Wildman–Crippen MR) is 72.9 cm³/mol. The zero-order valence-electron chi connectivity index (χ0n) is 10.9. The molecule has 0 amide bonds. The van der Waals surface area contributed by atoms with Gasteiger partial charge < -0.3 is 14.5 Å². The fourth-order valence-electron chi connectivity index (χ4n) is 2.88. The molecular formula is C14H19N3O. The normalized spacial score (nSPS) is 24.6. The molecular weight excluding hydrogens is 226 g/mol. The van der Waals surface area contributed by atoms with E-state index in [9.17, 15) is 4.79 Å². The molecule has 2 unspecified atom stereocenters. The van der Waals surface area contributed by atoms with Gasteiger partial charge in [0.05, 0.1) is 0 Å². The lowest BCUT2D eigenvalue weighted by molar-refractivity contribution is 0.279. The first kappa shape index (κ1) is 11.5. The topological polar surface area (TPSA) is 39.0 Å². The van der Waals surface area contributed by atoms with Crippen LogP contribution in [0.1, 0.15) is 19.4 Å². The molecule has 96 valence electrons. The van der Waals surface area contributed by atoms with Crippen molar-refractivity contribution in [3.63, 3.8) is 0 Å². The summed E-state index contributed by atoms with van der Waals surface area (Å²) in [6.45, 7) is 4.29. The molecule has 2 atom stereocenters. The van der Waals surface area contributed by atoms with Crippen molar-refractivity contribution < 1.29 is 0 Å². The largest absolute Gasteiger partial charge is 0.338 e. The second-order valence-corrected chi connectivity index (χ2v) is 5.30. The fourth-order valence-corrected chi connectivity index (χ4v) is 2.88. The molecule has 2 aromatic heterocycles. The van der Waals surface area contributed by atoms with Gasteiger partial charge in [0, 0.05) is 37.4 Å². The van der Waals surface area contributed by atoms with Crippen molar-refractivity contribution in [2.45, 2.75) is 19.4 Å². The van der Waals surface area contributed by atoms with E-state index < -0.39 is 0 Å². The summed E-state index contributed by atoms with van der Waals surface area (Å²) in [4.78, 5) is 12.3. The first-order chi connectivity index (χ1) is 8.68. The van der Waals surface area contributed by atoms with Crippen LogP contribution in [0.15, 0.2) is 29.3 Å². The molecule has 0 bridgehead atoms. The Morgan fingerprint density at radius 2 is 2.11 bits per heavy atom. The Bertz CT molecular complexity index is 625. The van der Waals surface area contributed by atoms with Crippen LogP contribution < -0.4 is 10.9 Å². The Kier molecular flexibility index (Phi) is 2.74. The SMILES string of the molecule is CC1CCNCC1n1ccc2ccn(C)c(=O)c21. The number of aromatic nitrogens is 2. The molecule has 0 spiro atoms. The van der Waals surface area contributed by atoms with E-state index in [2.05, 4.69) is 23.0 Å². The van der Waals surface area contributed by atoms with Gasteiger partial charge in [-0.15, -0.1) is 0 Å². The number of nitrogens with one attached hydrogen (secondary N) is 1. The molecule has 1 fully saturated rings. The van der Waals surface area contributed by atoms with Crippen LogP contribution in [0.2, 0.25) is 0 Å². The summed E-state index contributed by atoms with van der Waals surface area (Å²) in [6.07, 6.45) is 5.05. The number of hydrogen-bond donors (Lipinski definition) is 1. The van der Waals surface area contributed by atoms with Gasteiger partial charge in [0.15, 0.2) is 0 Å². The van der Waals surface area contributed by atoms with Crippen LogP contribution in [0.5, 0.6) is 0 Å². The molecule has 0 saturated carbocycles. The van der Waals surface area contributed by atoms with Crippen molar-refractivity contribution in [2.75, 3.05) is 13.1 Å². The minimum absolute atomic E-state index is 0.0928. The van der Waals surface area contributed by atoms with Gasteiger partial charge in [-0.3, -0.25) is 4.79 Å². The van der Waals surface area contributed by atoms with E-state index in [1.54, 1.807) is 4.57 Å². The highest BCUT2D eigenvalue weighted by Crippen LogP contribution is 2.26. The smallest absolute Gasteiger partial charge is 0.274 e. The average molecular weight is 245 g/mol. The molecule has 1 aliphatic rings. The molecule has 1 saturated heterocycles. The highest BCUT2D eigenvalue weighted by atomic mass is 16.1. The van der Waals surface area contributed by atoms with E-state index in [0.717, 1.165) is 30.4 Å². The second kappa shape index (κ2) is 4.28. The van der Waals surface area contributed by atoms with Crippen LogP contribution in [0.25, 0.3) is 10.9 Å². The number of pyridine rings is 1. The fraction of sp³-hybridized carbons (Fsp3) is 0.500. The molecule has 3 rings (SSSR count). The van der Waals surface area contributed by atoms with E-state index in [-0.39, 0.29) is 5.56 Å². The molecule has 2 aromatic rings. The summed E-state index contributed by atoms with van der Waals surface area (Å²) in [7, 11) is 1.81. The summed E-state index contributed by atoms with van der Waals surface area (Å²) in [5.74, 6) is 0.603. The minimum atomic E-state index is 0.0928. The maximum Gasteiger partial charge on any atom is 0.274 e.